The van der Waals surface area contributed by atoms with Crippen LogP contribution in [0.1, 0.15) is 5.56 Å². The van der Waals surface area contributed by atoms with Crippen molar-refractivity contribution in [3.05, 3.63) is 65.7 Å². The molecule has 1 heterocycles. The number of nitrogens with one attached hydrogen (secondary N) is 1. The van der Waals surface area contributed by atoms with Crippen LogP contribution in [0.3, 0.4) is 0 Å². The molecule has 0 atom stereocenters. The molecule has 2 N–H and O–H groups in total. The van der Waals surface area contributed by atoms with Crippen molar-refractivity contribution in [3.63, 3.8) is 0 Å². The first-order valence-electron chi connectivity index (χ1n) is 6.28. The van der Waals surface area contributed by atoms with E-state index in [1.165, 1.54) is 6.07 Å². The first-order valence-corrected chi connectivity index (χ1v) is 6.28. The van der Waals surface area contributed by atoms with Crippen LogP contribution < -0.4 is 11.0 Å². The number of phenolic OH excluding ortho intramolecular Hbond substituents is 1. The number of anilines is 1. The van der Waals surface area contributed by atoms with Gasteiger partial charge in [0.25, 0.3) is 5.55 Å². The molecule has 5 nitrogen and oxygen atoms in total. The number of para-hydroxylation sites is 2. The minimum absolute atomic E-state index is 0.00755. The Morgan fingerprint density at radius 3 is 2.67 bits per heavy atom. The van der Waals surface area contributed by atoms with Gasteiger partial charge in [0.05, 0.1) is 5.69 Å². The van der Waals surface area contributed by atoms with Crippen LogP contribution in [0.2, 0.25) is 0 Å². The van der Waals surface area contributed by atoms with Gasteiger partial charge in [-0.3, -0.25) is 5.43 Å². The van der Waals surface area contributed by atoms with Crippen molar-refractivity contribution in [2.45, 2.75) is 0 Å². The summed E-state index contributed by atoms with van der Waals surface area (Å²) in [5, 5.41) is 23.7. The van der Waals surface area contributed by atoms with Crippen LogP contribution >= 0.6 is 0 Å². The van der Waals surface area contributed by atoms with Crippen molar-refractivity contribution in [1.82, 2.24) is 0 Å². The lowest BCUT2D eigenvalue weighted by atomic mass is 10.2. The number of rotatable bonds is 2. The summed E-state index contributed by atoms with van der Waals surface area (Å²) in [7, 11) is 0. The highest BCUT2D eigenvalue weighted by Gasteiger charge is 2.06. The van der Waals surface area contributed by atoms with Crippen molar-refractivity contribution < 1.29 is 9.52 Å². The van der Waals surface area contributed by atoms with Gasteiger partial charge in [-0.1, -0.05) is 30.3 Å². The van der Waals surface area contributed by atoms with E-state index >= 15 is 0 Å². The van der Waals surface area contributed by atoms with Gasteiger partial charge in [-0.05, 0) is 24.3 Å². The van der Waals surface area contributed by atoms with Gasteiger partial charge in [-0.25, -0.2) is 0 Å². The van der Waals surface area contributed by atoms with Crippen LogP contribution in [0.25, 0.3) is 11.0 Å². The standard InChI is InChI=1S/C16H11N3O2/c17-10-12-9-11-5-4-8-14(20)15(11)21-16(12)19-18-13-6-2-1-3-7-13/h1-9,18,20H/b19-16+. The van der Waals surface area contributed by atoms with E-state index in [0.29, 0.717) is 11.0 Å². The summed E-state index contributed by atoms with van der Waals surface area (Å²) >= 11 is 0. The molecule has 21 heavy (non-hydrogen) atoms. The van der Waals surface area contributed by atoms with Gasteiger partial charge in [0.2, 0.25) is 0 Å². The quantitative estimate of drug-likeness (QED) is 0.706. The fourth-order valence-electron chi connectivity index (χ4n) is 1.93. The van der Waals surface area contributed by atoms with E-state index in [1.807, 2.05) is 36.4 Å². The molecule has 0 unspecified atom stereocenters. The molecule has 0 saturated heterocycles. The molecule has 0 spiro atoms. The number of nitriles is 1. The van der Waals surface area contributed by atoms with Gasteiger partial charge >= 0.3 is 0 Å². The lowest BCUT2D eigenvalue weighted by Crippen LogP contribution is -2.09. The van der Waals surface area contributed by atoms with E-state index in [0.717, 1.165) is 5.69 Å². The van der Waals surface area contributed by atoms with E-state index in [2.05, 4.69) is 10.5 Å². The summed E-state index contributed by atoms with van der Waals surface area (Å²) in [5.74, 6) is 0.00755. The zero-order chi connectivity index (χ0) is 14.7. The van der Waals surface area contributed by atoms with Crippen LogP contribution in [-0.4, -0.2) is 5.11 Å². The van der Waals surface area contributed by atoms with Gasteiger partial charge in [-0.2, -0.15) is 5.26 Å². The number of benzene rings is 2. The molecule has 0 bridgehead atoms. The maximum Gasteiger partial charge on any atom is 0.254 e. The Labute approximate surface area is 120 Å². The normalized spacial score (nSPS) is 11.3. The second-order valence-electron chi connectivity index (χ2n) is 4.36. The molecule has 1 aromatic heterocycles. The number of fused-ring (bicyclic) bond motifs is 1. The topological polar surface area (TPSA) is 81.5 Å². The molecular formula is C16H11N3O2. The molecule has 0 saturated carbocycles. The molecule has 0 fully saturated rings. The fraction of sp³-hybridized carbons (Fsp3) is 0. The third-order valence-corrected chi connectivity index (χ3v) is 2.93. The molecule has 0 radical (unpaired) electrons. The highest BCUT2D eigenvalue weighted by molar-refractivity contribution is 5.82. The Kier molecular flexibility index (Phi) is 3.27. The van der Waals surface area contributed by atoms with Crippen molar-refractivity contribution in [2.24, 2.45) is 5.10 Å². The average molecular weight is 277 g/mol. The highest BCUT2D eigenvalue weighted by atomic mass is 16.4. The Hall–Kier alpha value is -3.26. The molecule has 0 aliphatic heterocycles. The lowest BCUT2D eigenvalue weighted by Gasteiger charge is -2.02. The minimum Gasteiger partial charge on any atom is -0.504 e. The van der Waals surface area contributed by atoms with E-state index in [4.69, 9.17) is 4.42 Å². The third-order valence-electron chi connectivity index (χ3n) is 2.93. The predicted octanol–water partition coefficient (Wildman–Crippen LogP) is 2.94. The summed E-state index contributed by atoms with van der Waals surface area (Å²) in [6.07, 6.45) is 0. The number of hydrogen-bond donors (Lipinski definition) is 2. The second-order valence-corrected chi connectivity index (χ2v) is 4.36. The second kappa shape index (κ2) is 5.39. The Balaban J connectivity index is 2.13. The minimum atomic E-state index is 0.00755. The van der Waals surface area contributed by atoms with Crippen molar-refractivity contribution in [3.8, 4) is 11.8 Å². The van der Waals surface area contributed by atoms with Gasteiger partial charge in [-0.15, -0.1) is 5.10 Å². The van der Waals surface area contributed by atoms with Crippen LogP contribution in [0.15, 0.2) is 64.1 Å². The summed E-state index contributed by atoms with van der Waals surface area (Å²) in [6.45, 7) is 0. The van der Waals surface area contributed by atoms with Gasteiger partial charge in [0, 0.05) is 5.39 Å². The maximum absolute atomic E-state index is 9.81. The van der Waals surface area contributed by atoms with Crippen molar-refractivity contribution >= 4 is 16.7 Å². The summed E-state index contributed by atoms with van der Waals surface area (Å²) in [4.78, 5) is 0. The first kappa shape index (κ1) is 12.8. The molecule has 3 rings (SSSR count). The van der Waals surface area contributed by atoms with Crippen LogP contribution in [-0.2, 0) is 0 Å². The SMILES string of the molecule is N#Cc1cc2cccc(O)c2o/c1=N/Nc1ccccc1. The van der Waals surface area contributed by atoms with Crippen LogP contribution in [0, 0.1) is 11.3 Å². The number of nitrogens with zero attached hydrogens (tertiary/aromatic N) is 2. The fourth-order valence-corrected chi connectivity index (χ4v) is 1.93. The maximum atomic E-state index is 9.81. The number of phenols is 1. The molecular weight excluding hydrogens is 266 g/mol. The molecule has 2 aromatic carbocycles. The molecule has 3 aromatic rings. The smallest absolute Gasteiger partial charge is 0.254 e. The Morgan fingerprint density at radius 1 is 1.10 bits per heavy atom. The van der Waals surface area contributed by atoms with Gasteiger partial charge in [0.15, 0.2) is 11.3 Å². The Bertz CT molecular complexity index is 893. The number of aromatic hydroxyl groups is 1. The zero-order valence-electron chi connectivity index (χ0n) is 10.9. The monoisotopic (exact) mass is 277 g/mol. The third kappa shape index (κ3) is 2.55. The first-order chi connectivity index (χ1) is 10.3. The van der Waals surface area contributed by atoms with E-state index < -0.39 is 0 Å². The molecule has 0 aliphatic rings. The van der Waals surface area contributed by atoms with Crippen LogP contribution in [0.4, 0.5) is 5.69 Å². The van der Waals surface area contributed by atoms with Crippen LogP contribution in [0.5, 0.6) is 5.75 Å². The predicted molar refractivity (Wildman–Crippen MR) is 78.2 cm³/mol. The summed E-state index contributed by atoms with van der Waals surface area (Å²) in [5.41, 5.74) is 4.30. The highest BCUT2D eigenvalue weighted by Crippen LogP contribution is 2.23. The molecule has 0 aliphatic carbocycles. The zero-order valence-corrected chi connectivity index (χ0v) is 10.9. The molecule has 102 valence electrons. The summed E-state index contributed by atoms with van der Waals surface area (Å²) < 4.78 is 5.53. The van der Waals surface area contributed by atoms with E-state index in [1.54, 1.807) is 18.2 Å². The van der Waals surface area contributed by atoms with E-state index in [9.17, 15) is 10.4 Å². The number of hydrogen-bond acceptors (Lipinski definition) is 5. The van der Waals surface area contributed by atoms with Gasteiger partial charge in [0.1, 0.15) is 11.6 Å². The van der Waals surface area contributed by atoms with Crippen molar-refractivity contribution in [1.29, 1.82) is 5.26 Å². The Morgan fingerprint density at radius 2 is 1.90 bits per heavy atom. The average Bonchev–Trinajstić information content (AvgIpc) is 2.53. The van der Waals surface area contributed by atoms with Crippen molar-refractivity contribution in [2.75, 3.05) is 5.43 Å². The molecule has 5 heteroatoms. The largest absolute Gasteiger partial charge is 0.504 e. The lowest BCUT2D eigenvalue weighted by molar-refractivity contribution is 0.453. The molecule has 0 amide bonds. The van der Waals surface area contributed by atoms with E-state index in [-0.39, 0.29) is 16.9 Å². The summed E-state index contributed by atoms with van der Waals surface area (Å²) in [6, 6.07) is 17.9. The van der Waals surface area contributed by atoms with Gasteiger partial charge < -0.3 is 9.52 Å².